The third-order valence-electron chi connectivity index (χ3n) is 3.71. The zero-order chi connectivity index (χ0) is 20.9. The minimum absolute atomic E-state index is 0.0956. The van der Waals surface area contributed by atoms with Gasteiger partial charge in [-0.15, -0.1) is 0 Å². The van der Waals surface area contributed by atoms with E-state index in [0.29, 0.717) is 18.8 Å². The third kappa shape index (κ3) is 5.41. The molecule has 0 spiro atoms. The van der Waals surface area contributed by atoms with E-state index in [4.69, 9.17) is 4.74 Å². The number of hydrogen-bond acceptors (Lipinski definition) is 8. The maximum absolute atomic E-state index is 12.8. The number of anilines is 3. The fraction of sp³-hybridized carbons (Fsp3) is 0.438. The normalized spacial score (nSPS) is 12.4. The SMILES string of the molecule is CCN(CC)c1nc(Nc2cccc([N+](=O)[O-])c2)nc(OC(C)C(F)(F)F)n1. The van der Waals surface area contributed by atoms with Crippen molar-refractivity contribution in [3.8, 4) is 6.01 Å². The van der Waals surface area contributed by atoms with Gasteiger partial charge in [-0.2, -0.15) is 28.1 Å². The standard InChI is InChI=1S/C16H19F3N6O3/c1-4-24(5-2)14-21-13(20-11-7-6-8-12(9-11)25(26)27)22-15(23-14)28-10(3)16(17,18)19/h6-10H,4-5H2,1-3H3,(H,20,21,22,23). The Morgan fingerprint density at radius 1 is 1.25 bits per heavy atom. The summed E-state index contributed by atoms with van der Waals surface area (Å²) in [6.07, 6.45) is -6.71. The van der Waals surface area contributed by atoms with E-state index in [0.717, 1.165) is 6.92 Å². The number of nitro benzene ring substituents is 1. The lowest BCUT2D eigenvalue weighted by molar-refractivity contribution is -0.384. The Bertz CT molecular complexity index is 830. The molecule has 1 heterocycles. The van der Waals surface area contributed by atoms with Gasteiger partial charge in [-0.25, -0.2) is 0 Å². The van der Waals surface area contributed by atoms with Crippen LogP contribution in [0.15, 0.2) is 24.3 Å². The van der Waals surface area contributed by atoms with Gasteiger partial charge in [-0.3, -0.25) is 10.1 Å². The number of ether oxygens (including phenoxy) is 1. The summed E-state index contributed by atoms with van der Waals surface area (Å²) in [5.74, 6) is 0.0269. The van der Waals surface area contributed by atoms with E-state index in [2.05, 4.69) is 20.3 Å². The first-order chi connectivity index (χ1) is 13.1. The Kier molecular flexibility index (Phi) is 6.54. The van der Waals surface area contributed by atoms with Gasteiger partial charge < -0.3 is 15.0 Å². The highest BCUT2D eigenvalue weighted by Crippen LogP contribution is 2.26. The molecule has 0 amide bonds. The Balaban J connectivity index is 2.39. The second-order valence-electron chi connectivity index (χ2n) is 5.65. The lowest BCUT2D eigenvalue weighted by atomic mass is 10.3. The lowest BCUT2D eigenvalue weighted by Gasteiger charge is -2.21. The van der Waals surface area contributed by atoms with Crippen LogP contribution in [-0.2, 0) is 0 Å². The molecule has 1 aromatic heterocycles. The molecule has 0 aliphatic rings. The van der Waals surface area contributed by atoms with Crippen LogP contribution < -0.4 is 15.0 Å². The summed E-state index contributed by atoms with van der Waals surface area (Å²) in [5.41, 5.74) is 0.130. The summed E-state index contributed by atoms with van der Waals surface area (Å²) in [4.78, 5) is 24.0. The molecule has 1 aromatic carbocycles. The predicted molar refractivity (Wildman–Crippen MR) is 95.9 cm³/mol. The number of benzene rings is 1. The number of alkyl halides is 3. The van der Waals surface area contributed by atoms with E-state index in [1.807, 2.05) is 13.8 Å². The second-order valence-corrected chi connectivity index (χ2v) is 5.65. The molecule has 1 unspecified atom stereocenters. The minimum Gasteiger partial charge on any atom is -0.451 e. The van der Waals surface area contributed by atoms with E-state index >= 15 is 0 Å². The summed E-state index contributed by atoms with van der Waals surface area (Å²) < 4.78 is 43.3. The zero-order valence-corrected chi connectivity index (χ0v) is 15.4. The summed E-state index contributed by atoms with van der Waals surface area (Å²) in [6.45, 7) is 5.52. The molecule has 2 aromatic rings. The maximum Gasteiger partial charge on any atom is 0.425 e. The highest BCUT2D eigenvalue weighted by molar-refractivity contribution is 5.58. The van der Waals surface area contributed by atoms with Gasteiger partial charge in [0.15, 0.2) is 6.10 Å². The highest BCUT2D eigenvalue weighted by Gasteiger charge is 2.38. The van der Waals surface area contributed by atoms with Gasteiger partial charge in [-0.1, -0.05) is 6.07 Å². The van der Waals surface area contributed by atoms with Crippen LogP contribution in [0.3, 0.4) is 0 Å². The molecular formula is C16H19F3N6O3. The van der Waals surface area contributed by atoms with Crippen molar-refractivity contribution < 1.29 is 22.8 Å². The molecule has 12 heteroatoms. The lowest BCUT2D eigenvalue weighted by Crippen LogP contribution is -2.32. The van der Waals surface area contributed by atoms with E-state index in [1.54, 1.807) is 4.90 Å². The van der Waals surface area contributed by atoms with Gasteiger partial charge in [0.1, 0.15) is 0 Å². The molecular weight excluding hydrogens is 381 g/mol. The average molecular weight is 400 g/mol. The molecule has 0 fully saturated rings. The fourth-order valence-electron chi connectivity index (χ4n) is 2.15. The van der Waals surface area contributed by atoms with Gasteiger partial charge in [0.05, 0.1) is 4.92 Å². The van der Waals surface area contributed by atoms with Crippen LogP contribution in [0.1, 0.15) is 20.8 Å². The summed E-state index contributed by atoms with van der Waals surface area (Å²) in [5, 5.41) is 13.6. The third-order valence-corrected chi connectivity index (χ3v) is 3.71. The maximum atomic E-state index is 12.8. The molecule has 0 radical (unpaired) electrons. The number of non-ortho nitro benzene ring substituents is 1. The minimum atomic E-state index is -4.59. The topological polar surface area (TPSA) is 106 Å². The zero-order valence-electron chi connectivity index (χ0n) is 15.4. The van der Waals surface area contributed by atoms with E-state index in [9.17, 15) is 23.3 Å². The molecule has 0 aliphatic carbocycles. The molecule has 0 saturated heterocycles. The smallest absolute Gasteiger partial charge is 0.425 e. The first-order valence-electron chi connectivity index (χ1n) is 8.39. The summed E-state index contributed by atoms with van der Waals surface area (Å²) in [6, 6.07) is 5.04. The van der Waals surface area contributed by atoms with E-state index < -0.39 is 23.2 Å². The van der Waals surface area contributed by atoms with Crippen molar-refractivity contribution in [3.05, 3.63) is 34.4 Å². The van der Waals surface area contributed by atoms with Crippen LogP contribution in [0.25, 0.3) is 0 Å². The Labute approximate surface area is 158 Å². The largest absolute Gasteiger partial charge is 0.451 e. The summed E-state index contributed by atoms with van der Waals surface area (Å²) >= 11 is 0. The average Bonchev–Trinajstić information content (AvgIpc) is 2.62. The number of aromatic nitrogens is 3. The number of nitrogens with one attached hydrogen (secondary N) is 1. The second kappa shape index (κ2) is 8.67. The van der Waals surface area contributed by atoms with E-state index in [-0.39, 0.29) is 17.6 Å². The van der Waals surface area contributed by atoms with Crippen molar-refractivity contribution >= 4 is 23.3 Å². The molecule has 2 rings (SSSR count). The van der Waals surface area contributed by atoms with Gasteiger partial charge >= 0.3 is 12.2 Å². The number of rotatable bonds is 8. The quantitative estimate of drug-likeness (QED) is 0.528. The Morgan fingerprint density at radius 2 is 1.93 bits per heavy atom. The van der Waals surface area contributed by atoms with Gasteiger partial charge in [-0.05, 0) is 26.8 Å². The fourth-order valence-corrected chi connectivity index (χ4v) is 2.15. The van der Waals surface area contributed by atoms with Crippen LogP contribution in [0, 0.1) is 10.1 Å². The number of nitro groups is 1. The van der Waals surface area contributed by atoms with Crippen molar-refractivity contribution in [3.63, 3.8) is 0 Å². The van der Waals surface area contributed by atoms with Crippen LogP contribution >= 0.6 is 0 Å². The monoisotopic (exact) mass is 400 g/mol. The van der Waals surface area contributed by atoms with Crippen LogP contribution in [0.2, 0.25) is 0 Å². The van der Waals surface area contributed by atoms with Crippen molar-refractivity contribution in [1.82, 2.24) is 15.0 Å². The Morgan fingerprint density at radius 3 is 2.50 bits per heavy atom. The van der Waals surface area contributed by atoms with Crippen molar-refractivity contribution in [1.29, 1.82) is 0 Å². The molecule has 152 valence electrons. The number of halogens is 3. The first kappa shape index (κ1) is 21.1. The molecule has 9 nitrogen and oxygen atoms in total. The van der Waals surface area contributed by atoms with Crippen molar-refractivity contribution in [2.75, 3.05) is 23.3 Å². The molecule has 28 heavy (non-hydrogen) atoms. The number of hydrogen-bond donors (Lipinski definition) is 1. The Hall–Kier alpha value is -3.18. The van der Waals surface area contributed by atoms with Gasteiger partial charge in [0.25, 0.3) is 5.69 Å². The van der Waals surface area contributed by atoms with Crippen LogP contribution in [0.5, 0.6) is 6.01 Å². The molecule has 0 bridgehead atoms. The van der Waals surface area contributed by atoms with Gasteiger partial charge in [0, 0.05) is 30.9 Å². The molecule has 1 N–H and O–H groups in total. The summed E-state index contributed by atoms with van der Waals surface area (Å²) in [7, 11) is 0. The van der Waals surface area contributed by atoms with Crippen molar-refractivity contribution in [2.24, 2.45) is 0 Å². The first-order valence-corrected chi connectivity index (χ1v) is 8.39. The van der Waals surface area contributed by atoms with Crippen LogP contribution in [0.4, 0.5) is 36.4 Å². The van der Waals surface area contributed by atoms with Gasteiger partial charge in [0.2, 0.25) is 11.9 Å². The molecule has 1 atom stereocenters. The predicted octanol–water partition coefficient (Wildman–Crippen LogP) is 3.70. The molecule has 0 aliphatic heterocycles. The molecule has 0 saturated carbocycles. The highest BCUT2D eigenvalue weighted by atomic mass is 19.4. The van der Waals surface area contributed by atoms with Crippen molar-refractivity contribution in [2.45, 2.75) is 33.1 Å². The number of nitrogens with zero attached hydrogens (tertiary/aromatic N) is 5. The van der Waals surface area contributed by atoms with Crippen LogP contribution in [-0.4, -0.2) is 45.2 Å². The van der Waals surface area contributed by atoms with E-state index in [1.165, 1.54) is 24.3 Å².